The molecule has 0 radical (unpaired) electrons. The zero-order chi connectivity index (χ0) is 20.5. The Morgan fingerprint density at radius 3 is 2.29 bits per heavy atom. The fraction of sp³-hybridized carbons (Fsp3) is 0.333. The van der Waals surface area contributed by atoms with Crippen molar-refractivity contribution in [3.63, 3.8) is 0 Å². The van der Waals surface area contributed by atoms with Crippen LogP contribution in [0, 0.1) is 0 Å². The van der Waals surface area contributed by atoms with Gasteiger partial charge < -0.3 is 4.74 Å². The maximum Gasteiger partial charge on any atom is 0.573 e. The van der Waals surface area contributed by atoms with Gasteiger partial charge in [0.1, 0.15) is 5.75 Å². The van der Waals surface area contributed by atoms with Crippen LogP contribution < -0.4 is 9.46 Å². The fourth-order valence-corrected chi connectivity index (χ4v) is 4.71. The molecule has 2 atom stereocenters. The molecule has 1 fully saturated rings. The Morgan fingerprint density at radius 1 is 1.11 bits per heavy atom. The van der Waals surface area contributed by atoms with Crippen molar-refractivity contribution in [1.82, 2.24) is 9.62 Å². The van der Waals surface area contributed by atoms with Crippen LogP contribution in [-0.4, -0.2) is 39.3 Å². The molecule has 5 nitrogen and oxygen atoms in total. The van der Waals surface area contributed by atoms with Gasteiger partial charge in [0.2, 0.25) is 10.0 Å². The SMILES string of the molecule is CN1CCC(NS(=O)(=O)c2ccc(OC(F)(F)F)cc2)C1c1ccc(Cl)cc1. The van der Waals surface area contributed by atoms with Crippen molar-refractivity contribution in [3.8, 4) is 5.75 Å². The van der Waals surface area contributed by atoms with Crippen molar-refractivity contribution in [3.05, 3.63) is 59.1 Å². The minimum atomic E-state index is -4.83. The number of rotatable bonds is 5. The largest absolute Gasteiger partial charge is 0.573 e. The van der Waals surface area contributed by atoms with Crippen LogP contribution in [0.1, 0.15) is 18.0 Å². The first-order valence-corrected chi connectivity index (χ1v) is 10.3. The maximum absolute atomic E-state index is 12.7. The van der Waals surface area contributed by atoms with Gasteiger partial charge in [0, 0.05) is 17.6 Å². The van der Waals surface area contributed by atoms with Crippen molar-refractivity contribution in [2.24, 2.45) is 0 Å². The third-order valence-corrected chi connectivity index (χ3v) is 6.29. The molecule has 2 unspecified atom stereocenters. The standard InChI is InChI=1S/C18H18ClF3N2O3S/c1-24-11-10-16(17(24)12-2-4-13(19)5-3-12)23-28(25,26)15-8-6-14(7-9-15)27-18(20,21)22/h2-9,16-17,23H,10-11H2,1H3. The zero-order valence-corrected chi connectivity index (χ0v) is 16.4. The molecular weight excluding hydrogens is 417 g/mol. The van der Waals surface area contributed by atoms with Crippen LogP contribution in [-0.2, 0) is 10.0 Å². The highest BCUT2D eigenvalue weighted by molar-refractivity contribution is 7.89. The van der Waals surface area contributed by atoms with E-state index in [1.54, 1.807) is 12.1 Å². The number of sulfonamides is 1. The van der Waals surface area contributed by atoms with E-state index in [0.717, 1.165) is 29.8 Å². The second-order valence-corrected chi connectivity index (χ2v) is 8.66. The van der Waals surface area contributed by atoms with Gasteiger partial charge >= 0.3 is 6.36 Å². The molecule has 152 valence electrons. The molecule has 1 aliphatic rings. The van der Waals surface area contributed by atoms with Crippen LogP contribution in [0.15, 0.2) is 53.4 Å². The summed E-state index contributed by atoms with van der Waals surface area (Å²) in [6, 6.07) is 10.7. The smallest absolute Gasteiger partial charge is 0.406 e. The second-order valence-electron chi connectivity index (χ2n) is 6.51. The topological polar surface area (TPSA) is 58.6 Å². The predicted molar refractivity (Wildman–Crippen MR) is 98.7 cm³/mol. The Bertz CT molecular complexity index is 919. The first-order chi connectivity index (χ1) is 13.0. The van der Waals surface area contributed by atoms with Gasteiger partial charge in [-0.2, -0.15) is 0 Å². The maximum atomic E-state index is 12.7. The highest BCUT2D eigenvalue weighted by Crippen LogP contribution is 2.33. The number of likely N-dealkylation sites (tertiary alicyclic amines) is 1. The first kappa shape index (κ1) is 20.9. The van der Waals surface area contributed by atoms with Gasteiger partial charge in [-0.25, -0.2) is 13.1 Å². The second kappa shape index (κ2) is 7.90. The summed E-state index contributed by atoms with van der Waals surface area (Å²) >= 11 is 5.92. The van der Waals surface area contributed by atoms with E-state index < -0.39 is 22.1 Å². The van der Waals surface area contributed by atoms with Gasteiger partial charge in [-0.15, -0.1) is 13.2 Å². The van der Waals surface area contributed by atoms with Crippen molar-refractivity contribution in [2.75, 3.05) is 13.6 Å². The van der Waals surface area contributed by atoms with E-state index in [0.29, 0.717) is 18.0 Å². The first-order valence-electron chi connectivity index (χ1n) is 8.39. The van der Waals surface area contributed by atoms with Crippen molar-refractivity contribution in [1.29, 1.82) is 0 Å². The molecule has 2 aromatic carbocycles. The van der Waals surface area contributed by atoms with Crippen molar-refractivity contribution >= 4 is 21.6 Å². The van der Waals surface area contributed by atoms with Gasteiger partial charge in [0.05, 0.1) is 10.9 Å². The van der Waals surface area contributed by atoms with Gasteiger partial charge in [0.15, 0.2) is 0 Å². The number of likely N-dealkylation sites (N-methyl/N-ethyl adjacent to an activating group) is 1. The van der Waals surface area contributed by atoms with Crippen LogP contribution in [0.2, 0.25) is 5.02 Å². The number of hydrogen-bond acceptors (Lipinski definition) is 4. The van der Waals surface area contributed by atoms with Crippen molar-refractivity contribution in [2.45, 2.75) is 29.8 Å². The van der Waals surface area contributed by atoms with E-state index in [1.807, 2.05) is 24.1 Å². The normalized spacial score (nSPS) is 21.0. The average molecular weight is 435 g/mol. The minimum absolute atomic E-state index is 0.133. The van der Waals surface area contributed by atoms with Gasteiger partial charge in [-0.1, -0.05) is 23.7 Å². The molecule has 0 aliphatic carbocycles. The summed E-state index contributed by atoms with van der Waals surface area (Å²) in [6.45, 7) is 0.693. The minimum Gasteiger partial charge on any atom is -0.406 e. The van der Waals surface area contributed by atoms with Crippen LogP contribution in [0.5, 0.6) is 5.75 Å². The quantitative estimate of drug-likeness (QED) is 0.773. The number of alkyl halides is 3. The molecule has 0 amide bonds. The number of nitrogens with zero attached hydrogens (tertiary/aromatic N) is 1. The molecule has 10 heteroatoms. The highest BCUT2D eigenvalue weighted by Gasteiger charge is 2.36. The molecule has 3 rings (SSSR count). The molecule has 28 heavy (non-hydrogen) atoms. The summed E-state index contributed by atoms with van der Waals surface area (Å²) in [6.07, 6.45) is -4.24. The Labute approximate surface area is 166 Å². The molecule has 1 N–H and O–H groups in total. The van der Waals surface area contributed by atoms with Crippen LogP contribution in [0.25, 0.3) is 0 Å². The lowest BCUT2D eigenvalue weighted by atomic mass is 10.0. The highest BCUT2D eigenvalue weighted by atomic mass is 35.5. The van der Waals surface area contributed by atoms with E-state index in [4.69, 9.17) is 11.6 Å². The lowest BCUT2D eigenvalue weighted by Crippen LogP contribution is -2.38. The summed E-state index contributed by atoms with van der Waals surface area (Å²) in [5.74, 6) is -0.480. The lowest BCUT2D eigenvalue weighted by Gasteiger charge is -2.26. The fourth-order valence-electron chi connectivity index (χ4n) is 3.30. The van der Waals surface area contributed by atoms with Gasteiger partial charge in [0.25, 0.3) is 0 Å². The monoisotopic (exact) mass is 434 g/mol. The third kappa shape index (κ3) is 4.96. The summed E-state index contributed by atoms with van der Waals surface area (Å²) < 4.78 is 68.6. The number of benzene rings is 2. The third-order valence-electron chi connectivity index (χ3n) is 4.53. The van der Waals surface area contributed by atoms with Crippen LogP contribution in [0.4, 0.5) is 13.2 Å². The molecule has 0 spiro atoms. The molecule has 0 saturated carbocycles. The molecule has 1 aliphatic heterocycles. The number of hydrogen-bond donors (Lipinski definition) is 1. The van der Waals surface area contributed by atoms with E-state index in [9.17, 15) is 21.6 Å². The summed E-state index contributed by atoms with van der Waals surface area (Å²) in [7, 11) is -2.02. The van der Waals surface area contributed by atoms with E-state index in [-0.39, 0.29) is 17.0 Å². The van der Waals surface area contributed by atoms with E-state index in [2.05, 4.69) is 9.46 Å². The van der Waals surface area contributed by atoms with Gasteiger partial charge in [-0.05, 0) is 55.4 Å². The number of nitrogens with one attached hydrogen (secondary N) is 1. The predicted octanol–water partition coefficient (Wildman–Crippen LogP) is 3.96. The summed E-state index contributed by atoms with van der Waals surface area (Å²) in [5, 5.41) is 0.586. The average Bonchev–Trinajstić information content (AvgIpc) is 2.94. The Balaban J connectivity index is 1.78. The lowest BCUT2D eigenvalue weighted by molar-refractivity contribution is -0.274. The number of ether oxygens (including phenoxy) is 1. The summed E-state index contributed by atoms with van der Waals surface area (Å²) in [4.78, 5) is 1.91. The molecule has 1 heterocycles. The molecule has 0 bridgehead atoms. The van der Waals surface area contributed by atoms with Crippen LogP contribution >= 0.6 is 11.6 Å². The van der Waals surface area contributed by atoms with E-state index in [1.165, 1.54) is 0 Å². The van der Waals surface area contributed by atoms with Crippen LogP contribution in [0.3, 0.4) is 0 Å². The molecular formula is C18H18ClF3N2O3S. The Morgan fingerprint density at radius 2 is 1.71 bits per heavy atom. The van der Waals surface area contributed by atoms with Gasteiger partial charge in [-0.3, -0.25) is 4.90 Å². The molecule has 2 aromatic rings. The van der Waals surface area contributed by atoms with E-state index >= 15 is 0 Å². The molecule has 0 aromatic heterocycles. The molecule has 1 saturated heterocycles. The van der Waals surface area contributed by atoms with Crippen molar-refractivity contribution < 1.29 is 26.3 Å². The zero-order valence-electron chi connectivity index (χ0n) is 14.8. The Hall–Kier alpha value is -1.81. The summed E-state index contributed by atoms with van der Waals surface area (Å²) in [5.41, 5.74) is 0.922. The number of halogens is 4. The Kier molecular flexibility index (Phi) is 5.90.